The largest absolute Gasteiger partial charge is 0.320 e. The zero-order chi connectivity index (χ0) is 14.4. The molecule has 5 nitrogen and oxygen atoms in total. The van der Waals surface area contributed by atoms with Crippen molar-refractivity contribution < 1.29 is 8.42 Å². The first kappa shape index (κ1) is 15.0. The van der Waals surface area contributed by atoms with Gasteiger partial charge in [0.05, 0.1) is 6.54 Å². The predicted octanol–water partition coefficient (Wildman–Crippen LogP) is 1.00. The van der Waals surface area contributed by atoms with E-state index in [9.17, 15) is 8.42 Å². The van der Waals surface area contributed by atoms with Crippen LogP contribution in [0.3, 0.4) is 0 Å². The summed E-state index contributed by atoms with van der Waals surface area (Å²) in [6.45, 7) is 0.233. The minimum Gasteiger partial charge on any atom is -0.320 e. The van der Waals surface area contributed by atoms with Gasteiger partial charge >= 0.3 is 0 Å². The van der Waals surface area contributed by atoms with E-state index in [1.165, 1.54) is 24.9 Å². The van der Waals surface area contributed by atoms with Crippen molar-refractivity contribution >= 4 is 10.0 Å². The Morgan fingerprint density at radius 3 is 2.75 bits per heavy atom. The standard InChI is InChI=1S/C14H19N3O2S/c15-8-4-5-12-9-14(11-16-10-12)20(18,19)17-13-6-2-1-3-7-13/h9-11,13,17H,1-3,6-8,15H2. The Bertz CT molecular complexity index is 611. The minimum atomic E-state index is -3.52. The van der Waals surface area contributed by atoms with Crippen LogP contribution in [-0.4, -0.2) is 26.0 Å². The molecule has 2 rings (SSSR count). The van der Waals surface area contributed by atoms with Gasteiger partial charge in [0.2, 0.25) is 10.0 Å². The summed E-state index contributed by atoms with van der Waals surface area (Å²) in [5, 5.41) is 0. The fraction of sp³-hybridized carbons (Fsp3) is 0.500. The van der Waals surface area contributed by atoms with Crippen LogP contribution in [0, 0.1) is 11.8 Å². The average molecular weight is 293 g/mol. The van der Waals surface area contributed by atoms with Crippen molar-refractivity contribution in [2.45, 2.75) is 43.0 Å². The SMILES string of the molecule is NCC#Cc1cncc(S(=O)(=O)NC2CCCCC2)c1. The molecule has 20 heavy (non-hydrogen) atoms. The van der Waals surface area contributed by atoms with E-state index in [2.05, 4.69) is 21.5 Å². The van der Waals surface area contributed by atoms with E-state index in [0.717, 1.165) is 25.7 Å². The molecule has 108 valence electrons. The van der Waals surface area contributed by atoms with E-state index in [4.69, 9.17) is 5.73 Å². The molecule has 0 radical (unpaired) electrons. The molecular formula is C14H19N3O2S. The van der Waals surface area contributed by atoms with Crippen LogP contribution in [-0.2, 0) is 10.0 Å². The number of sulfonamides is 1. The Balaban J connectivity index is 2.16. The molecule has 0 saturated heterocycles. The molecule has 1 aliphatic carbocycles. The molecule has 0 spiro atoms. The molecule has 1 aliphatic rings. The van der Waals surface area contributed by atoms with E-state index in [-0.39, 0.29) is 17.5 Å². The molecule has 0 aromatic carbocycles. The molecule has 0 aliphatic heterocycles. The first-order valence-electron chi connectivity index (χ1n) is 6.78. The molecule has 0 unspecified atom stereocenters. The van der Waals surface area contributed by atoms with E-state index in [1.807, 2.05) is 0 Å². The third-order valence-corrected chi connectivity index (χ3v) is 4.77. The van der Waals surface area contributed by atoms with Gasteiger partial charge in [0, 0.05) is 24.0 Å². The Kier molecular flexibility index (Phi) is 5.12. The number of hydrogen-bond donors (Lipinski definition) is 2. The zero-order valence-corrected chi connectivity index (χ0v) is 12.1. The second-order valence-corrected chi connectivity index (χ2v) is 6.59. The van der Waals surface area contributed by atoms with E-state index in [1.54, 1.807) is 0 Å². The maximum absolute atomic E-state index is 12.3. The third kappa shape index (κ3) is 4.04. The highest BCUT2D eigenvalue weighted by Gasteiger charge is 2.22. The third-order valence-electron chi connectivity index (χ3n) is 3.29. The first-order chi connectivity index (χ1) is 9.62. The number of nitrogens with zero attached hydrogens (tertiary/aromatic N) is 1. The molecule has 1 saturated carbocycles. The van der Waals surface area contributed by atoms with Crippen LogP contribution in [0.25, 0.3) is 0 Å². The molecular weight excluding hydrogens is 274 g/mol. The van der Waals surface area contributed by atoms with Crippen LogP contribution >= 0.6 is 0 Å². The van der Waals surface area contributed by atoms with Crippen molar-refractivity contribution in [1.29, 1.82) is 0 Å². The van der Waals surface area contributed by atoms with Crippen molar-refractivity contribution in [2.24, 2.45) is 5.73 Å². The smallest absolute Gasteiger partial charge is 0.242 e. The maximum atomic E-state index is 12.3. The summed E-state index contributed by atoms with van der Waals surface area (Å²) < 4.78 is 27.4. The van der Waals surface area contributed by atoms with Gasteiger partial charge in [-0.2, -0.15) is 0 Å². The van der Waals surface area contributed by atoms with Gasteiger partial charge in [-0.05, 0) is 18.9 Å². The Hall–Kier alpha value is -1.42. The number of nitrogens with one attached hydrogen (secondary N) is 1. The van der Waals surface area contributed by atoms with Crippen molar-refractivity contribution in [3.05, 3.63) is 24.0 Å². The molecule has 1 heterocycles. The molecule has 0 atom stereocenters. The van der Waals surface area contributed by atoms with Gasteiger partial charge in [-0.1, -0.05) is 31.1 Å². The van der Waals surface area contributed by atoms with Gasteiger partial charge in [-0.3, -0.25) is 4.98 Å². The topological polar surface area (TPSA) is 85.1 Å². The monoisotopic (exact) mass is 293 g/mol. The van der Waals surface area contributed by atoms with Gasteiger partial charge in [0.25, 0.3) is 0 Å². The summed E-state index contributed by atoms with van der Waals surface area (Å²) in [4.78, 5) is 4.09. The van der Waals surface area contributed by atoms with Gasteiger partial charge in [0.1, 0.15) is 4.90 Å². The van der Waals surface area contributed by atoms with Crippen LogP contribution < -0.4 is 10.5 Å². The quantitative estimate of drug-likeness (QED) is 0.814. The average Bonchev–Trinajstić information content (AvgIpc) is 2.46. The lowest BCUT2D eigenvalue weighted by Gasteiger charge is -2.22. The fourth-order valence-corrected chi connectivity index (χ4v) is 3.59. The summed E-state index contributed by atoms with van der Waals surface area (Å²) in [6, 6.07) is 1.56. The highest BCUT2D eigenvalue weighted by molar-refractivity contribution is 7.89. The van der Waals surface area contributed by atoms with E-state index in [0.29, 0.717) is 5.56 Å². The van der Waals surface area contributed by atoms with Crippen molar-refractivity contribution in [2.75, 3.05) is 6.54 Å². The molecule has 0 bridgehead atoms. The summed E-state index contributed by atoms with van der Waals surface area (Å²) in [5.74, 6) is 5.48. The molecule has 1 aromatic heterocycles. The lowest BCUT2D eigenvalue weighted by molar-refractivity contribution is 0.412. The zero-order valence-electron chi connectivity index (χ0n) is 11.3. The van der Waals surface area contributed by atoms with Crippen LogP contribution in [0.15, 0.2) is 23.4 Å². The number of aromatic nitrogens is 1. The van der Waals surface area contributed by atoms with Crippen LogP contribution in [0.2, 0.25) is 0 Å². The molecule has 1 aromatic rings. The van der Waals surface area contributed by atoms with E-state index >= 15 is 0 Å². The second kappa shape index (κ2) is 6.84. The molecule has 6 heteroatoms. The van der Waals surface area contributed by atoms with Crippen LogP contribution in [0.1, 0.15) is 37.7 Å². The number of hydrogen-bond acceptors (Lipinski definition) is 4. The normalized spacial score (nSPS) is 16.4. The highest BCUT2D eigenvalue weighted by Crippen LogP contribution is 2.19. The van der Waals surface area contributed by atoms with Crippen LogP contribution in [0.5, 0.6) is 0 Å². The molecule has 3 N–H and O–H groups in total. The van der Waals surface area contributed by atoms with Crippen molar-refractivity contribution in [1.82, 2.24) is 9.71 Å². The Labute approximate surface area is 120 Å². The van der Waals surface area contributed by atoms with E-state index < -0.39 is 10.0 Å². The summed E-state index contributed by atoms with van der Waals surface area (Å²) in [7, 11) is -3.52. The van der Waals surface area contributed by atoms with Gasteiger partial charge < -0.3 is 5.73 Å². The fourth-order valence-electron chi connectivity index (χ4n) is 2.30. The maximum Gasteiger partial charge on any atom is 0.242 e. The lowest BCUT2D eigenvalue weighted by atomic mass is 9.96. The summed E-state index contributed by atoms with van der Waals surface area (Å²) in [5.41, 5.74) is 5.86. The van der Waals surface area contributed by atoms with Crippen LogP contribution in [0.4, 0.5) is 0 Å². The lowest BCUT2D eigenvalue weighted by Crippen LogP contribution is -2.36. The van der Waals surface area contributed by atoms with Gasteiger partial charge in [-0.25, -0.2) is 13.1 Å². The number of rotatable bonds is 3. The predicted molar refractivity (Wildman–Crippen MR) is 77.4 cm³/mol. The van der Waals surface area contributed by atoms with Crippen molar-refractivity contribution in [3.8, 4) is 11.8 Å². The van der Waals surface area contributed by atoms with Gasteiger partial charge in [0.15, 0.2) is 0 Å². The number of nitrogens with two attached hydrogens (primary N) is 1. The summed E-state index contributed by atoms with van der Waals surface area (Å²) >= 11 is 0. The molecule has 0 amide bonds. The van der Waals surface area contributed by atoms with Crippen molar-refractivity contribution in [3.63, 3.8) is 0 Å². The minimum absolute atomic E-state index is 0.0348. The number of pyridine rings is 1. The second-order valence-electron chi connectivity index (χ2n) is 4.87. The highest BCUT2D eigenvalue weighted by atomic mass is 32.2. The first-order valence-corrected chi connectivity index (χ1v) is 8.26. The molecule has 1 fully saturated rings. The van der Waals surface area contributed by atoms with Gasteiger partial charge in [-0.15, -0.1) is 0 Å². The summed E-state index contributed by atoms with van der Waals surface area (Å²) in [6.07, 6.45) is 8.02. The Morgan fingerprint density at radius 1 is 1.30 bits per heavy atom. The Morgan fingerprint density at radius 2 is 2.05 bits per heavy atom.